The Morgan fingerprint density at radius 1 is 1.03 bits per heavy atom. The Morgan fingerprint density at radius 2 is 1.83 bits per heavy atom. The molecule has 2 saturated heterocycles. The summed E-state index contributed by atoms with van der Waals surface area (Å²) in [5.41, 5.74) is 3.17. The van der Waals surface area contributed by atoms with Crippen molar-refractivity contribution >= 4 is 28.4 Å². The van der Waals surface area contributed by atoms with E-state index in [0.717, 1.165) is 66.3 Å². The molecule has 6 nitrogen and oxygen atoms in total. The molecule has 1 unspecified atom stereocenters. The molecule has 1 aromatic heterocycles. The Morgan fingerprint density at radius 3 is 2.59 bits per heavy atom. The lowest BCUT2D eigenvalue weighted by molar-refractivity contribution is 0.00141. The molecular weight excluding hydrogens is 382 g/mol. The van der Waals surface area contributed by atoms with Crippen molar-refractivity contribution in [2.45, 2.75) is 30.3 Å². The lowest BCUT2D eigenvalue weighted by Crippen LogP contribution is -2.48. The van der Waals surface area contributed by atoms with Crippen molar-refractivity contribution in [1.82, 2.24) is 20.0 Å². The van der Waals surface area contributed by atoms with Gasteiger partial charge in [-0.05, 0) is 62.5 Å². The molecule has 0 bridgehead atoms. The number of hydrogen-bond donors (Lipinski definition) is 2. The molecule has 0 aliphatic carbocycles. The zero-order valence-corrected chi connectivity index (χ0v) is 17.5. The first kappa shape index (κ1) is 18.9. The van der Waals surface area contributed by atoms with Gasteiger partial charge in [0.25, 0.3) is 0 Å². The standard InChI is InChI=1S/C22H27N5OS/c1-29-21-19-8-7-18(15-20(19)27(24-21)17-5-3-2-4-6-17)26-14-13-25(22(26)28)16-9-11-23-12-10-16/h2-8,15-16,22-23,28H,9-14H2,1H3. The van der Waals surface area contributed by atoms with E-state index in [0.29, 0.717) is 6.04 Å². The van der Waals surface area contributed by atoms with E-state index in [9.17, 15) is 5.11 Å². The monoisotopic (exact) mass is 409 g/mol. The van der Waals surface area contributed by atoms with Crippen LogP contribution in [0.15, 0.2) is 53.6 Å². The molecule has 2 aliphatic rings. The third kappa shape index (κ3) is 3.42. The summed E-state index contributed by atoms with van der Waals surface area (Å²) in [5.74, 6) is 0. The van der Waals surface area contributed by atoms with Crippen molar-refractivity contribution in [3.63, 3.8) is 0 Å². The number of piperidine rings is 1. The van der Waals surface area contributed by atoms with E-state index in [-0.39, 0.29) is 0 Å². The number of rotatable bonds is 4. The van der Waals surface area contributed by atoms with Gasteiger partial charge in [0.1, 0.15) is 5.03 Å². The predicted molar refractivity (Wildman–Crippen MR) is 119 cm³/mol. The molecule has 5 rings (SSSR count). The van der Waals surface area contributed by atoms with Crippen LogP contribution in [-0.2, 0) is 0 Å². The summed E-state index contributed by atoms with van der Waals surface area (Å²) in [7, 11) is 0. The van der Waals surface area contributed by atoms with Crippen LogP contribution in [0.3, 0.4) is 0 Å². The molecular formula is C22H27N5OS. The highest BCUT2D eigenvalue weighted by atomic mass is 32.2. The second kappa shape index (κ2) is 7.99. The van der Waals surface area contributed by atoms with Crippen LogP contribution in [0, 0.1) is 0 Å². The van der Waals surface area contributed by atoms with Crippen molar-refractivity contribution in [2.75, 3.05) is 37.3 Å². The van der Waals surface area contributed by atoms with Gasteiger partial charge in [0.2, 0.25) is 0 Å². The van der Waals surface area contributed by atoms with Crippen LogP contribution in [0.25, 0.3) is 16.6 Å². The maximum atomic E-state index is 11.1. The second-order valence-electron chi connectivity index (χ2n) is 7.72. The topological polar surface area (TPSA) is 56.6 Å². The Balaban J connectivity index is 1.50. The highest BCUT2D eigenvalue weighted by Gasteiger charge is 2.35. The molecule has 2 N–H and O–H groups in total. The Kier molecular flexibility index (Phi) is 5.22. The van der Waals surface area contributed by atoms with Crippen LogP contribution in [0.2, 0.25) is 0 Å². The number of aromatic nitrogens is 2. The molecule has 7 heteroatoms. The average molecular weight is 410 g/mol. The fourth-order valence-electron chi connectivity index (χ4n) is 4.58. The molecule has 2 aliphatic heterocycles. The molecule has 1 atom stereocenters. The van der Waals surface area contributed by atoms with Gasteiger partial charge in [0.15, 0.2) is 6.35 Å². The van der Waals surface area contributed by atoms with Gasteiger partial charge in [-0.2, -0.15) is 5.10 Å². The lowest BCUT2D eigenvalue weighted by Gasteiger charge is -2.35. The van der Waals surface area contributed by atoms with E-state index in [4.69, 9.17) is 5.10 Å². The minimum absolute atomic E-state index is 0.456. The zero-order chi connectivity index (χ0) is 19.8. The van der Waals surface area contributed by atoms with E-state index in [1.807, 2.05) is 22.9 Å². The molecule has 152 valence electrons. The van der Waals surface area contributed by atoms with Gasteiger partial charge in [-0.1, -0.05) is 18.2 Å². The minimum atomic E-state index is -0.566. The molecule has 29 heavy (non-hydrogen) atoms. The Labute approximate surface area is 175 Å². The maximum absolute atomic E-state index is 11.1. The van der Waals surface area contributed by atoms with Crippen molar-refractivity contribution < 1.29 is 5.11 Å². The maximum Gasteiger partial charge on any atom is 0.186 e. The van der Waals surface area contributed by atoms with E-state index < -0.39 is 6.35 Å². The number of nitrogens with one attached hydrogen (secondary N) is 1. The molecule has 3 heterocycles. The third-order valence-electron chi connectivity index (χ3n) is 6.11. The van der Waals surface area contributed by atoms with Crippen LogP contribution in [-0.4, -0.2) is 64.6 Å². The molecule has 0 saturated carbocycles. The minimum Gasteiger partial charge on any atom is -0.361 e. The smallest absolute Gasteiger partial charge is 0.186 e. The quantitative estimate of drug-likeness (QED) is 0.647. The molecule has 0 spiro atoms. The summed E-state index contributed by atoms with van der Waals surface area (Å²) < 4.78 is 2.01. The molecule has 3 aromatic rings. The van der Waals surface area contributed by atoms with Gasteiger partial charge in [-0.25, -0.2) is 4.68 Å². The second-order valence-corrected chi connectivity index (χ2v) is 8.51. The number of nitrogens with zero attached hydrogens (tertiary/aromatic N) is 4. The number of hydrogen-bond acceptors (Lipinski definition) is 6. The number of para-hydroxylation sites is 1. The number of anilines is 1. The van der Waals surface area contributed by atoms with E-state index in [1.54, 1.807) is 11.8 Å². The predicted octanol–water partition coefficient (Wildman–Crippen LogP) is 2.90. The average Bonchev–Trinajstić information content (AvgIpc) is 3.35. The summed E-state index contributed by atoms with van der Waals surface area (Å²) in [5, 5.41) is 21.5. The van der Waals surface area contributed by atoms with Crippen LogP contribution < -0.4 is 10.2 Å². The highest BCUT2D eigenvalue weighted by Crippen LogP contribution is 2.33. The van der Waals surface area contributed by atoms with Crippen molar-refractivity contribution in [3.05, 3.63) is 48.5 Å². The van der Waals surface area contributed by atoms with Gasteiger partial charge in [-0.15, -0.1) is 11.8 Å². The van der Waals surface area contributed by atoms with Crippen LogP contribution >= 0.6 is 11.8 Å². The molecule has 2 fully saturated rings. The lowest BCUT2D eigenvalue weighted by atomic mass is 10.1. The third-order valence-corrected chi connectivity index (χ3v) is 6.80. The summed E-state index contributed by atoms with van der Waals surface area (Å²) in [4.78, 5) is 4.37. The summed E-state index contributed by atoms with van der Waals surface area (Å²) in [6.45, 7) is 3.81. The number of aliphatic hydroxyl groups is 1. The fraction of sp³-hybridized carbons (Fsp3) is 0.409. The number of fused-ring (bicyclic) bond motifs is 1. The normalized spacial score (nSPS) is 21.3. The largest absolute Gasteiger partial charge is 0.361 e. The SMILES string of the molecule is CSc1nn(-c2ccccc2)c2cc(N3CCN(C4CCNCC4)C3O)ccc12. The summed E-state index contributed by atoms with van der Waals surface area (Å²) in [6, 6.07) is 17.1. The number of benzene rings is 2. The van der Waals surface area contributed by atoms with Crippen LogP contribution in [0.5, 0.6) is 0 Å². The van der Waals surface area contributed by atoms with Crippen LogP contribution in [0.1, 0.15) is 12.8 Å². The Hall–Kier alpha value is -2.06. The first-order valence-corrected chi connectivity index (χ1v) is 11.5. The van der Waals surface area contributed by atoms with Crippen molar-refractivity contribution in [2.24, 2.45) is 0 Å². The Bertz CT molecular complexity index is 986. The van der Waals surface area contributed by atoms with E-state index in [1.165, 1.54) is 0 Å². The molecule has 0 radical (unpaired) electrons. The highest BCUT2D eigenvalue weighted by molar-refractivity contribution is 7.98. The molecule has 0 amide bonds. The molecule has 2 aromatic carbocycles. The van der Waals surface area contributed by atoms with Crippen molar-refractivity contribution in [3.8, 4) is 5.69 Å². The summed E-state index contributed by atoms with van der Waals surface area (Å²) in [6.07, 6.45) is 3.69. The van der Waals surface area contributed by atoms with Crippen molar-refractivity contribution in [1.29, 1.82) is 0 Å². The number of aliphatic hydroxyl groups excluding tert-OH is 1. The summed E-state index contributed by atoms with van der Waals surface area (Å²) >= 11 is 1.66. The fourth-order valence-corrected chi connectivity index (χ4v) is 5.13. The van der Waals surface area contributed by atoms with E-state index in [2.05, 4.69) is 51.7 Å². The van der Waals surface area contributed by atoms with Gasteiger partial charge in [0.05, 0.1) is 11.2 Å². The van der Waals surface area contributed by atoms with Gasteiger partial charge < -0.3 is 15.3 Å². The van der Waals surface area contributed by atoms with Gasteiger partial charge in [-0.3, -0.25) is 4.90 Å². The van der Waals surface area contributed by atoms with Gasteiger partial charge in [0, 0.05) is 30.2 Å². The number of thioether (sulfide) groups is 1. The van der Waals surface area contributed by atoms with Crippen LogP contribution in [0.4, 0.5) is 5.69 Å². The zero-order valence-electron chi connectivity index (χ0n) is 16.7. The van der Waals surface area contributed by atoms with Gasteiger partial charge >= 0.3 is 0 Å². The van der Waals surface area contributed by atoms with E-state index >= 15 is 0 Å². The first-order valence-electron chi connectivity index (χ1n) is 10.3. The first-order chi connectivity index (χ1) is 14.3.